The molecule has 0 bridgehead atoms. The van der Waals surface area contributed by atoms with Crippen LogP contribution in [-0.2, 0) is 19.0 Å². The maximum atomic E-state index is 12.6. The second-order valence-corrected chi connectivity index (χ2v) is 8.38. The van der Waals surface area contributed by atoms with Crippen molar-refractivity contribution in [3.63, 3.8) is 0 Å². The number of amides is 1. The maximum Gasteiger partial charge on any atom is 0.262 e. The SMILES string of the molecule is CC.COCCOCCOCCNC(=O)/C(C#N)=C(\C)c1ccc2cc(N3CCCCC3)ccc2c1. The second kappa shape index (κ2) is 16.7. The number of hydrogen-bond donors (Lipinski definition) is 1. The summed E-state index contributed by atoms with van der Waals surface area (Å²) >= 11 is 0. The zero-order valence-corrected chi connectivity index (χ0v) is 22.3. The fourth-order valence-electron chi connectivity index (χ4n) is 4.05. The molecular weight excluding hydrogens is 454 g/mol. The molecule has 36 heavy (non-hydrogen) atoms. The lowest BCUT2D eigenvalue weighted by Crippen LogP contribution is -2.29. The van der Waals surface area contributed by atoms with Gasteiger partial charge in [-0.25, -0.2) is 0 Å². The molecule has 1 fully saturated rings. The summed E-state index contributed by atoms with van der Waals surface area (Å²) in [5.41, 5.74) is 2.91. The van der Waals surface area contributed by atoms with Crippen molar-refractivity contribution in [1.29, 1.82) is 5.26 Å². The molecule has 0 radical (unpaired) electrons. The summed E-state index contributed by atoms with van der Waals surface area (Å²) in [7, 11) is 1.62. The first-order valence-electron chi connectivity index (χ1n) is 13.0. The van der Waals surface area contributed by atoms with Gasteiger partial charge in [0, 0.05) is 32.4 Å². The van der Waals surface area contributed by atoms with Crippen molar-refractivity contribution in [1.82, 2.24) is 5.32 Å². The number of nitrogens with one attached hydrogen (secondary N) is 1. The summed E-state index contributed by atoms with van der Waals surface area (Å²) in [6.07, 6.45) is 3.80. The zero-order chi connectivity index (χ0) is 26.2. The number of benzene rings is 2. The van der Waals surface area contributed by atoms with Crippen molar-refractivity contribution in [2.24, 2.45) is 0 Å². The van der Waals surface area contributed by atoms with Gasteiger partial charge < -0.3 is 24.4 Å². The Bertz CT molecular complexity index is 1020. The highest BCUT2D eigenvalue weighted by molar-refractivity contribution is 6.05. The number of ether oxygens (including phenoxy) is 3. The molecule has 1 amide bonds. The minimum absolute atomic E-state index is 0.118. The Morgan fingerprint density at radius 1 is 0.944 bits per heavy atom. The van der Waals surface area contributed by atoms with E-state index in [4.69, 9.17) is 14.2 Å². The third-order valence-corrected chi connectivity index (χ3v) is 6.03. The third-order valence-electron chi connectivity index (χ3n) is 6.03. The van der Waals surface area contributed by atoms with Gasteiger partial charge in [-0.1, -0.05) is 32.0 Å². The lowest BCUT2D eigenvalue weighted by Gasteiger charge is -2.29. The van der Waals surface area contributed by atoms with Gasteiger partial charge in [-0.3, -0.25) is 4.79 Å². The lowest BCUT2D eigenvalue weighted by molar-refractivity contribution is -0.117. The molecule has 0 unspecified atom stereocenters. The van der Waals surface area contributed by atoms with Crippen LogP contribution < -0.4 is 10.2 Å². The summed E-state index contributed by atoms with van der Waals surface area (Å²) in [5.74, 6) is -0.388. The highest BCUT2D eigenvalue weighted by atomic mass is 16.5. The number of nitrogens with zero attached hydrogens (tertiary/aromatic N) is 2. The van der Waals surface area contributed by atoms with Gasteiger partial charge in [0.25, 0.3) is 5.91 Å². The van der Waals surface area contributed by atoms with Crippen LogP contribution in [0.3, 0.4) is 0 Å². The molecule has 0 aliphatic carbocycles. The molecule has 196 valence electrons. The molecular formula is C29H41N3O4. The Labute approximate surface area is 216 Å². The van der Waals surface area contributed by atoms with Crippen molar-refractivity contribution >= 4 is 27.9 Å². The van der Waals surface area contributed by atoms with Gasteiger partial charge in [-0.2, -0.15) is 5.26 Å². The van der Waals surface area contributed by atoms with Crippen LogP contribution in [0, 0.1) is 11.3 Å². The number of piperidine rings is 1. The van der Waals surface area contributed by atoms with E-state index in [1.807, 2.05) is 32.9 Å². The van der Waals surface area contributed by atoms with Crippen LogP contribution in [0.2, 0.25) is 0 Å². The van der Waals surface area contributed by atoms with Crippen LogP contribution in [0.4, 0.5) is 5.69 Å². The number of fused-ring (bicyclic) bond motifs is 1. The molecule has 0 atom stereocenters. The van der Waals surface area contributed by atoms with E-state index < -0.39 is 0 Å². The third kappa shape index (κ3) is 8.94. The molecule has 1 aliphatic heterocycles. The fourth-order valence-corrected chi connectivity index (χ4v) is 4.05. The smallest absolute Gasteiger partial charge is 0.262 e. The molecule has 1 heterocycles. The summed E-state index contributed by atoms with van der Waals surface area (Å²) in [4.78, 5) is 15.0. The van der Waals surface area contributed by atoms with E-state index in [1.54, 1.807) is 7.11 Å². The molecule has 0 spiro atoms. The molecule has 0 saturated carbocycles. The van der Waals surface area contributed by atoms with E-state index in [9.17, 15) is 10.1 Å². The Kier molecular flexibility index (Phi) is 13.6. The largest absolute Gasteiger partial charge is 0.382 e. The molecule has 2 aromatic carbocycles. The monoisotopic (exact) mass is 495 g/mol. The highest BCUT2D eigenvalue weighted by Gasteiger charge is 2.15. The molecule has 1 aliphatic rings. The van der Waals surface area contributed by atoms with Crippen LogP contribution in [-0.4, -0.2) is 65.7 Å². The van der Waals surface area contributed by atoms with Gasteiger partial charge in [-0.15, -0.1) is 0 Å². The standard InChI is InChI=1S/C27H35N3O4.C2H6/c1-21(26(20-28)27(31)29-10-13-33-16-17-34-15-14-32-2)22-6-7-24-19-25(9-8-23(24)18-22)30-11-4-3-5-12-30;1-2/h6-9,18-19H,3-5,10-17H2,1-2H3,(H,29,31);1-2H3/b26-21+;. The van der Waals surface area contributed by atoms with Crippen molar-refractivity contribution in [2.75, 3.05) is 64.7 Å². The summed E-state index contributed by atoms with van der Waals surface area (Å²) in [6, 6.07) is 14.7. The number of methoxy groups -OCH3 is 1. The van der Waals surface area contributed by atoms with Crippen LogP contribution in [0.5, 0.6) is 0 Å². The van der Waals surface area contributed by atoms with E-state index in [0.717, 1.165) is 29.4 Å². The number of carbonyl (C=O) groups excluding carboxylic acids is 1. The fraction of sp³-hybridized carbons (Fsp3) is 0.517. The van der Waals surface area contributed by atoms with Crippen LogP contribution in [0.15, 0.2) is 42.0 Å². The Balaban J connectivity index is 0.00000222. The van der Waals surface area contributed by atoms with Crippen LogP contribution >= 0.6 is 0 Å². The van der Waals surface area contributed by atoms with Crippen molar-refractivity contribution in [3.8, 4) is 6.07 Å². The van der Waals surface area contributed by atoms with Gasteiger partial charge in [0.15, 0.2) is 0 Å². The normalized spacial score (nSPS) is 13.9. The maximum absolute atomic E-state index is 12.6. The first-order valence-corrected chi connectivity index (χ1v) is 13.0. The number of rotatable bonds is 12. The van der Waals surface area contributed by atoms with Gasteiger partial charge in [0.2, 0.25) is 0 Å². The average Bonchev–Trinajstić information content (AvgIpc) is 2.93. The Morgan fingerprint density at radius 3 is 2.28 bits per heavy atom. The van der Waals surface area contributed by atoms with Gasteiger partial charge in [0.05, 0.1) is 33.0 Å². The van der Waals surface area contributed by atoms with Gasteiger partial charge in [0.1, 0.15) is 11.6 Å². The zero-order valence-electron chi connectivity index (χ0n) is 22.3. The number of anilines is 1. The molecule has 1 saturated heterocycles. The summed E-state index contributed by atoms with van der Waals surface area (Å²) in [6.45, 7) is 10.7. The van der Waals surface area contributed by atoms with Gasteiger partial charge in [-0.05, 0) is 66.3 Å². The average molecular weight is 496 g/mol. The van der Waals surface area contributed by atoms with Crippen molar-refractivity contribution in [3.05, 3.63) is 47.5 Å². The topological polar surface area (TPSA) is 83.8 Å². The lowest BCUT2D eigenvalue weighted by atomic mass is 9.98. The predicted molar refractivity (Wildman–Crippen MR) is 146 cm³/mol. The summed E-state index contributed by atoms with van der Waals surface area (Å²) < 4.78 is 15.7. The number of carbonyl (C=O) groups is 1. The van der Waals surface area contributed by atoms with E-state index in [0.29, 0.717) is 45.2 Å². The molecule has 7 heteroatoms. The highest BCUT2D eigenvalue weighted by Crippen LogP contribution is 2.28. The first kappa shape index (κ1) is 29.3. The van der Waals surface area contributed by atoms with Gasteiger partial charge >= 0.3 is 0 Å². The number of hydrogen-bond acceptors (Lipinski definition) is 6. The van der Waals surface area contributed by atoms with E-state index in [1.165, 1.54) is 24.9 Å². The Morgan fingerprint density at radius 2 is 1.58 bits per heavy atom. The second-order valence-electron chi connectivity index (χ2n) is 8.38. The van der Waals surface area contributed by atoms with E-state index in [2.05, 4.69) is 40.6 Å². The molecule has 3 rings (SSSR count). The predicted octanol–water partition coefficient (Wildman–Crippen LogP) is 4.95. The van der Waals surface area contributed by atoms with Crippen LogP contribution in [0.25, 0.3) is 16.3 Å². The molecule has 0 aromatic heterocycles. The Hall–Kier alpha value is -2.92. The van der Waals surface area contributed by atoms with Crippen molar-refractivity contribution in [2.45, 2.75) is 40.0 Å². The van der Waals surface area contributed by atoms with Crippen molar-refractivity contribution < 1.29 is 19.0 Å². The molecule has 2 aromatic rings. The van der Waals surface area contributed by atoms with E-state index >= 15 is 0 Å². The number of nitriles is 1. The minimum atomic E-state index is -0.388. The number of allylic oxidation sites excluding steroid dienone is 1. The quantitative estimate of drug-likeness (QED) is 0.255. The molecule has 7 nitrogen and oxygen atoms in total. The molecule has 1 N–H and O–H groups in total. The first-order chi connectivity index (χ1) is 17.6. The van der Waals surface area contributed by atoms with E-state index in [-0.39, 0.29) is 11.5 Å². The van der Waals surface area contributed by atoms with Crippen LogP contribution in [0.1, 0.15) is 45.6 Å². The minimum Gasteiger partial charge on any atom is -0.382 e. The summed E-state index contributed by atoms with van der Waals surface area (Å²) in [5, 5.41) is 14.7.